The van der Waals surface area contributed by atoms with Crippen LogP contribution in [0.5, 0.6) is 0 Å². The summed E-state index contributed by atoms with van der Waals surface area (Å²) in [6, 6.07) is 4.09. The average Bonchev–Trinajstić information content (AvgIpc) is 3.25. The largest absolute Gasteiger partial charge is 0.511 e. The summed E-state index contributed by atoms with van der Waals surface area (Å²) in [7, 11) is -9.36. The van der Waals surface area contributed by atoms with Gasteiger partial charge in [-0.3, -0.25) is 4.79 Å². The second-order valence-electron chi connectivity index (χ2n) is 14.1. The Morgan fingerprint density at radius 2 is 1.38 bits per heavy atom. The number of hydrogen-bond acceptors (Lipinski definition) is 4. The molecule has 254 valence electrons. The van der Waals surface area contributed by atoms with E-state index in [1.165, 1.54) is 0 Å². The van der Waals surface area contributed by atoms with Gasteiger partial charge in [-0.2, -0.15) is 17.9 Å². The molecule has 1 atom stereocenters. The van der Waals surface area contributed by atoms with Crippen LogP contribution in [0.1, 0.15) is 94.2 Å². The quantitative estimate of drug-likeness (QED) is 0.138. The molecule has 0 unspecified atom stereocenters. The van der Waals surface area contributed by atoms with E-state index >= 15 is 0 Å². The number of carbonyl (C=O) groups is 1. The van der Waals surface area contributed by atoms with E-state index in [1.807, 2.05) is 24.4 Å². The van der Waals surface area contributed by atoms with Gasteiger partial charge >= 0.3 is 21.5 Å². The van der Waals surface area contributed by atoms with Crippen molar-refractivity contribution in [3.05, 3.63) is 35.5 Å². The number of halogens is 3. The zero-order valence-corrected chi connectivity index (χ0v) is 32.0. The van der Waals surface area contributed by atoms with E-state index in [0.717, 1.165) is 23.6 Å². The van der Waals surface area contributed by atoms with Crippen LogP contribution in [0.4, 0.5) is 13.2 Å². The molecule has 12 heteroatoms. The van der Waals surface area contributed by atoms with Crippen LogP contribution in [0.15, 0.2) is 24.4 Å². The molecule has 0 amide bonds. The molecule has 0 fully saturated rings. The second-order valence-corrected chi connectivity index (χ2v) is 27.1. The van der Waals surface area contributed by atoms with E-state index in [1.54, 1.807) is 4.72 Å². The molecule has 45 heavy (non-hydrogen) atoms. The van der Waals surface area contributed by atoms with Gasteiger partial charge in [0.1, 0.15) is 14.1 Å². The molecule has 1 heterocycles. The minimum atomic E-state index is -5.83. The average molecular weight is 687 g/mol. The Hall–Kier alpha value is -2.08. The fraction of sp³-hybridized carbons (Fsp3) is 0.667. The van der Waals surface area contributed by atoms with Gasteiger partial charge < -0.3 is 8.97 Å². The second kappa shape index (κ2) is 14.4. The first-order valence-corrected chi connectivity index (χ1v) is 21.8. The summed E-state index contributed by atoms with van der Waals surface area (Å²) in [5.74, 6) is 2.43. The van der Waals surface area contributed by atoms with Crippen molar-refractivity contribution in [2.45, 2.75) is 134 Å². The zero-order valence-electron chi connectivity index (χ0n) is 29.2. The third-order valence-corrected chi connectivity index (χ3v) is 24.1. The van der Waals surface area contributed by atoms with Gasteiger partial charge in [-0.25, -0.2) is 8.42 Å². The lowest BCUT2D eigenvalue weighted by Gasteiger charge is -2.44. The summed E-state index contributed by atoms with van der Waals surface area (Å²) < 4.78 is 73.4. The lowest BCUT2D eigenvalue weighted by Crippen LogP contribution is -2.51. The van der Waals surface area contributed by atoms with Crippen LogP contribution in [-0.2, 0) is 26.0 Å². The van der Waals surface area contributed by atoms with E-state index in [0.29, 0.717) is 38.8 Å². The fourth-order valence-electron chi connectivity index (χ4n) is 8.18. The maximum atomic E-state index is 13.4. The predicted octanol–water partition coefficient (Wildman–Crippen LogP) is 8.76. The third-order valence-electron chi connectivity index (χ3n) is 9.89. The van der Waals surface area contributed by atoms with Crippen molar-refractivity contribution >= 4 is 43.2 Å². The maximum absolute atomic E-state index is 13.4. The number of carbonyl (C=O) groups excluding carboxylic acids is 1. The van der Waals surface area contributed by atoms with E-state index in [2.05, 4.69) is 98.8 Å². The van der Waals surface area contributed by atoms with Crippen molar-refractivity contribution < 1.29 is 31.1 Å². The van der Waals surface area contributed by atoms with Gasteiger partial charge in [0.05, 0.1) is 7.11 Å². The molecule has 0 aliphatic carbocycles. The Morgan fingerprint density at radius 1 is 0.889 bits per heavy atom. The highest BCUT2D eigenvalue weighted by molar-refractivity contribution is 7.90. The number of esters is 1. The van der Waals surface area contributed by atoms with E-state index in [9.17, 15) is 26.4 Å². The van der Waals surface area contributed by atoms with E-state index in [4.69, 9.17) is 4.74 Å². The number of rotatable bonds is 12. The predicted molar refractivity (Wildman–Crippen MR) is 184 cm³/mol. The summed E-state index contributed by atoms with van der Waals surface area (Å²) in [6.45, 7) is 26.6. The van der Waals surface area contributed by atoms with Gasteiger partial charge in [0.15, 0.2) is 8.24 Å². The van der Waals surface area contributed by atoms with Crippen molar-refractivity contribution in [3.63, 3.8) is 0 Å². The van der Waals surface area contributed by atoms with Crippen LogP contribution in [0.2, 0.25) is 33.2 Å². The van der Waals surface area contributed by atoms with Crippen LogP contribution in [0, 0.1) is 11.5 Å². The van der Waals surface area contributed by atoms with Crippen molar-refractivity contribution in [1.82, 2.24) is 8.95 Å². The molecule has 0 saturated carbocycles. The summed E-state index contributed by atoms with van der Waals surface area (Å²) in [5.41, 5.74) is 2.39. The van der Waals surface area contributed by atoms with Crippen molar-refractivity contribution in [3.8, 4) is 11.5 Å². The van der Waals surface area contributed by atoms with Crippen LogP contribution in [0.25, 0.3) is 10.9 Å². The van der Waals surface area contributed by atoms with Crippen molar-refractivity contribution in [1.29, 1.82) is 0 Å². The molecule has 0 aliphatic rings. The topological polar surface area (TPSA) is 77.4 Å². The Balaban J connectivity index is 3.09. The Kier molecular flexibility index (Phi) is 12.5. The minimum absolute atomic E-state index is 0.290. The molecule has 1 aromatic carbocycles. The molecule has 0 bridgehead atoms. The molecule has 2 rings (SSSR count). The molecule has 0 radical (unpaired) electrons. The number of nitrogens with one attached hydrogen (secondary N) is 1. The smallest absolute Gasteiger partial charge is 0.468 e. The normalized spacial score (nSPS) is 14.3. The summed E-state index contributed by atoms with van der Waals surface area (Å²) >= 11 is 0. The van der Waals surface area contributed by atoms with Gasteiger partial charge in [0.2, 0.25) is 0 Å². The maximum Gasteiger partial charge on any atom is 0.511 e. The van der Waals surface area contributed by atoms with Crippen LogP contribution < -0.4 is 4.72 Å². The van der Waals surface area contributed by atoms with Gasteiger partial charge in [-0.05, 0) is 57.1 Å². The highest BCUT2D eigenvalue weighted by atomic mass is 32.2. The fourth-order valence-corrected chi connectivity index (χ4v) is 20.7. The lowest BCUT2D eigenvalue weighted by atomic mass is 10.0. The van der Waals surface area contributed by atoms with Gasteiger partial charge in [-0.1, -0.05) is 95.1 Å². The standard InChI is InChI=1S/C33H53F3N2O4SSi2/c1-21(2)44(22(3)4,23(5)6)18-17-27-15-14-16-30-31(27)28(20-38(30)45(24(7)8,25(9)10)26(11)12)19-29(32(39)42-13)37-43(40,41)33(34,35)36/h14-16,20-26,29,37H,19H2,1-13H3/t29-/m0/s1. The molecule has 0 saturated heterocycles. The van der Waals surface area contributed by atoms with Gasteiger partial charge in [0.25, 0.3) is 0 Å². The van der Waals surface area contributed by atoms with Gasteiger partial charge in [0, 0.05) is 22.9 Å². The first-order valence-electron chi connectivity index (χ1n) is 15.9. The van der Waals surface area contributed by atoms with Gasteiger partial charge in [-0.15, -0.1) is 5.54 Å². The van der Waals surface area contributed by atoms with Crippen molar-refractivity contribution in [2.75, 3.05) is 7.11 Å². The molecule has 0 spiro atoms. The Bertz CT molecular complexity index is 1470. The lowest BCUT2D eigenvalue weighted by molar-refractivity contribution is -0.142. The number of nitrogens with zero attached hydrogens (tertiary/aromatic N) is 1. The highest BCUT2D eigenvalue weighted by Gasteiger charge is 2.49. The van der Waals surface area contributed by atoms with Crippen LogP contribution in [-0.4, -0.2) is 53.6 Å². The van der Waals surface area contributed by atoms with E-state index < -0.39 is 43.9 Å². The van der Waals surface area contributed by atoms with Crippen LogP contribution in [0.3, 0.4) is 0 Å². The van der Waals surface area contributed by atoms with Crippen molar-refractivity contribution in [2.24, 2.45) is 0 Å². The Labute approximate surface area is 271 Å². The van der Waals surface area contributed by atoms with Crippen LogP contribution >= 0.6 is 0 Å². The molecule has 1 N–H and O–H groups in total. The number of sulfonamides is 1. The number of alkyl halides is 3. The molecular formula is C33H53F3N2O4SSi2. The summed E-state index contributed by atoms with van der Waals surface area (Å²) in [6.07, 6.45) is 1.61. The number of aromatic nitrogens is 1. The number of benzene rings is 1. The number of hydrogen-bond donors (Lipinski definition) is 1. The molecule has 0 aliphatic heterocycles. The number of ether oxygens (including phenoxy) is 1. The number of methoxy groups -OCH3 is 1. The third kappa shape index (κ3) is 7.26. The number of fused-ring (bicyclic) bond motifs is 1. The molecule has 1 aromatic heterocycles. The van der Waals surface area contributed by atoms with E-state index in [-0.39, 0.29) is 6.42 Å². The monoisotopic (exact) mass is 686 g/mol. The SMILES string of the molecule is COC(=O)[C@H](Cc1cn([Si](C(C)C)(C(C)C)C(C)C)c2cccc(C#C[Si](C(C)C)(C(C)C)C(C)C)c12)NS(=O)(=O)C(F)(F)F. The minimum Gasteiger partial charge on any atom is -0.468 e. The molecular weight excluding hydrogens is 634 g/mol. The zero-order chi connectivity index (χ0) is 34.9. The summed E-state index contributed by atoms with van der Waals surface area (Å²) in [4.78, 5) is 12.8. The summed E-state index contributed by atoms with van der Waals surface area (Å²) in [5, 5.41) is 0.739. The Morgan fingerprint density at radius 3 is 1.78 bits per heavy atom. The first kappa shape index (κ1) is 39.1. The molecule has 2 aromatic rings. The highest BCUT2D eigenvalue weighted by Crippen LogP contribution is 2.46. The first-order chi connectivity index (χ1) is 20.5. The molecule has 6 nitrogen and oxygen atoms in total.